The van der Waals surface area contributed by atoms with Crippen LogP contribution in [-0.4, -0.2) is 49.1 Å². The van der Waals surface area contributed by atoms with E-state index in [1.54, 1.807) is 4.90 Å². The van der Waals surface area contributed by atoms with Gasteiger partial charge in [0, 0.05) is 44.2 Å². The van der Waals surface area contributed by atoms with Crippen LogP contribution < -0.4 is 5.32 Å². The van der Waals surface area contributed by atoms with Gasteiger partial charge in [-0.3, -0.25) is 0 Å². The molecule has 1 aliphatic rings. The second-order valence-corrected chi connectivity index (χ2v) is 5.42. The van der Waals surface area contributed by atoms with Crippen molar-refractivity contribution in [1.29, 1.82) is 0 Å². The summed E-state index contributed by atoms with van der Waals surface area (Å²) < 4.78 is 1.04. The van der Waals surface area contributed by atoms with Gasteiger partial charge in [0.25, 0.3) is 0 Å². The molecule has 2 amide bonds. The molecule has 0 aromatic heterocycles. The maximum absolute atomic E-state index is 12.2. The molecule has 1 aliphatic heterocycles. The molecule has 1 fully saturated rings. The van der Waals surface area contributed by atoms with E-state index in [0.717, 1.165) is 36.2 Å². The number of carbonyl (C=O) groups excluding carboxylic acids is 1. The number of hydrogen-bond donors (Lipinski definition) is 1. The van der Waals surface area contributed by atoms with Gasteiger partial charge in [0.15, 0.2) is 0 Å². The van der Waals surface area contributed by atoms with Crippen LogP contribution in [0, 0.1) is 0 Å². The zero-order valence-electron chi connectivity index (χ0n) is 10.5. The molecule has 0 saturated carbocycles. The molecule has 5 heteroatoms. The lowest BCUT2D eigenvalue weighted by molar-refractivity contribution is 0.154. The Labute approximate surface area is 116 Å². The van der Waals surface area contributed by atoms with Crippen molar-refractivity contribution in [3.8, 4) is 0 Å². The predicted molar refractivity (Wildman–Crippen MR) is 75.4 cm³/mol. The van der Waals surface area contributed by atoms with Gasteiger partial charge in [0.1, 0.15) is 0 Å². The largest absolute Gasteiger partial charge is 0.323 e. The molecule has 1 heterocycles. The first-order valence-electron chi connectivity index (χ1n) is 6.12. The third-order valence-electron chi connectivity index (χ3n) is 3.02. The molecule has 0 spiro atoms. The van der Waals surface area contributed by atoms with E-state index in [2.05, 4.69) is 21.2 Å². The molecule has 0 atom stereocenters. The van der Waals surface area contributed by atoms with Crippen molar-refractivity contribution in [2.24, 2.45) is 0 Å². The Morgan fingerprint density at radius 3 is 2.83 bits per heavy atom. The van der Waals surface area contributed by atoms with Crippen LogP contribution in [0.2, 0.25) is 0 Å². The van der Waals surface area contributed by atoms with Crippen LogP contribution in [0.4, 0.5) is 4.79 Å². The molecule has 18 heavy (non-hydrogen) atoms. The lowest BCUT2D eigenvalue weighted by Crippen LogP contribution is -2.50. The number of amides is 2. The normalized spacial score (nSPS) is 15.6. The van der Waals surface area contributed by atoms with Gasteiger partial charge in [0.2, 0.25) is 0 Å². The summed E-state index contributed by atoms with van der Waals surface area (Å²) in [5.41, 5.74) is 1.13. The fourth-order valence-corrected chi connectivity index (χ4v) is 2.52. The van der Waals surface area contributed by atoms with Crippen LogP contribution in [-0.2, 0) is 6.54 Å². The molecule has 0 bridgehead atoms. The van der Waals surface area contributed by atoms with E-state index < -0.39 is 0 Å². The van der Waals surface area contributed by atoms with E-state index in [4.69, 9.17) is 0 Å². The number of piperazine rings is 1. The Kier molecular flexibility index (Phi) is 4.60. The monoisotopic (exact) mass is 311 g/mol. The number of hydrogen-bond acceptors (Lipinski definition) is 2. The fourth-order valence-electron chi connectivity index (χ4n) is 2.07. The average Bonchev–Trinajstić information content (AvgIpc) is 2.39. The highest BCUT2D eigenvalue weighted by Crippen LogP contribution is 2.13. The van der Waals surface area contributed by atoms with Gasteiger partial charge in [-0.25, -0.2) is 4.79 Å². The maximum atomic E-state index is 12.2. The molecule has 2 rings (SSSR count). The van der Waals surface area contributed by atoms with Crippen LogP contribution in [0.25, 0.3) is 0 Å². The molecule has 4 nitrogen and oxygen atoms in total. The number of nitrogens with one attached hydrogen (secondary N) is 1. The standard InChI is InChI=1S/C13H18BrN3O/c1-16(10-11-3-2-4-12(14)9-11)13(18)17-7-5-15-6-8-17/h2-4,9,15H,5-8,10H2,1H3. The van der Waals surface area contributed by atoms with Crippen molar-refractivity contribution in [3.63, 3.8) is 0 Å². The SMILES string of the molecule is CN(Cc1cccc(Br)c1)C(=O)N1CCNCC1. The van der Waals surface area contributed by atoms with Crippen molar-refractivity contribution >= 4 is 22.0 Å². The molecule has 98 valence electrons. The number of nitrogens with zero attached hydrogens (tertiary/aromatic N) is 2. The quantitative estimate of drug-likeness (QED) is 0.905. The van der Waals surface area contributed by atoms with E-state index in [9.17, 15) is 4.79 Å². The van der Waals surface area contributed by atoms with E-state index in [0.29, 0.717) is 6.54 Å². The van der Waals surface area contributed by atoms with Crippen molar-refractivity contribution in [2.75, 3.05) is 33.2 Å². The van der Waals surface area contributed by atoms with Crippen molar-refractivity contribution in [3.05, 3.63) is 34.3 Å². The average molecular weight is 312 g/mol. The number of carbonyl (C=O) groups is 1. The van der Waals surface area contributed by atoms with Gasteiger partial charge >= 0.3 is 6.03 Å². The van der Waals surface area contributed by atoms with Crippen molar-refractivity contribution in [1.82, 2.24) is 15.1 Å². The Hall–Kier alpha value is -1.07. The van der Waals surface area contributed by atoms with E-state index in [1.807, 2.05) is 36.2 Å². The Morgan fingerprint density at radius 2 is 2.17 bits per heavy atom. The highest BCUT2D eigenvalue weighted by Gasteiger charge is 2.19. The summed E-state index contributed by atoms with van der Waals surface area (Å²) in [6, 6.07) is 8.16. The number of urea groups is 1. The maximum Gasteiger partial charge on any atom is 0.320 e. The minimum Gasteiger partial charge on any atom is -0.323 e. The summed E-state index contributed by atoms with van der Waals surface area (Å²) in [6.45, 7) is 4.00. The van der Waals surface area contributed by atoms with Gasteiger partial charge in [0.05, 0.1) is 0 Å². The molecule has 0 radical (unpaired) electrons. The van der Waals surface area contributed by atoms with Gasteiger partial charge in [-0.05, 0) is 17.7 Å². The third kappa shape index (κ3) is 3.46. The number of halogens is 1. The third-order valence-corrected chi connectivity index (χ3v) is 3.52. The summed E-state index contributed by atoms with van der Waals surface area (Å²) in [7, 11) is 1.85. The first-order chi connectivity index (χ1) is 8.66. The van der Waals surface area contributed by atoms with Gasteiger partial charge in [-0.1, -0.05) is 28.1 Å². The fraction of sp³-hybridized carbons (Fsp3) is 0.462. The zero-order chi connectivity index (χ0) is 13.0. The van der Waals surface area contributed by atoms with Gasteiger partial charge in [-0.2, -0.15) is 0 Å². The summed E-state index contributed by atoms with van der Waals surface area (Å²) in [4.78, 5) is 15.9. The molecule has 1 aromatic rings. The van der Waals surface area contributed by atoms with E-state index in [1.165, 1.54) is 0 Å². The lowest BCUT2D eigenvalue weighted by atomic mass is 10.2. The first-order valence-corrected chi connectivity index (χ1v) is 6.91. The smallest absolute Gasteiger partial charge is 0.320 e. The Balaban J connectivity index is 1.94. The van der Waals surface area contributed by atoms with Crippen LogP contribution in [0.15, 0.2) is 28.7 Å². The molecule has 1 aromatic carbocycles. The zero-order valence-corrected chi connectivity index (χ0v) is 12.1. The lowest BCUT2D eigenvalue weighted by Gasteiger charge is -2.31. The second-order valence-electron chi connectivity index (χ2n) is 4.51. The van der Waals surface area contributed by atoms with Crippen molar-refractivity contribution < 1.29 is 4.79 Å². The van der Waals surface area contributed by atoms with E-state index >= 15 is 0 Å². The summed E-state index contributed by atoms with van der Waals surface area (Å²) in [5, 5.41) is 3.25. The molecular weight excluding hydrogens is 294 g/mol. The Bertz CT molecular complexity index is 418. The molecular formula is C13H18BrN3O. The number of rotatable bonds is 2. The molecule has 1 N–H and O–H groups in total. The molecule has 1 saturated heterocycles. The first kappa shape index (κ1) is 13.4. The van der Waals surface area contributed by atoms with E-state index in [-0.39, 0.29) is 6.03 Å². The summed E-state index contributed by atoms with van der Waals surface area (Å²) in [6.07, 6.45) is 0. The van der Waals surface area contributed by atoms with Crippen LogP contribution >= 0.6 is 15.9 Å². The second kappa shape index (κ2) is 6.20. The van der Waals surface area contributed by atoms with Crippen LogP contribution in [0.1, 0.15) is 5.56 Å². The van der Waals surface area contributed by atoms with Gasteiger partial charge < -0.3 is 15.1 Å². The molecule has 0 unspecified atom stereocenters. The van der Waals surface area contributed by atoms with Gasteiger partial charge in [-0.15, -0.1) is 0 Å². The highest BCUT2D eigenvalue weighted by molar-refractivity contribution is 9.10. The minimum absolute atomic E-state index is 0.108. The minimum atomic E-state index is 0.108. The summed E-state index contributed by atoms with van der Waals surface area (Å²) >= 11 is 3.44. The summed E-state index contributed by atoms with van der Waals surface area (Å²) in [5.74, 6) is 0. The van der Waals surface area contributed by atoms with Crippen LogP contribution in [0.5, 0.6) is 0 Å². The van der Waals surface area contributed by atoms with Crippen LogP contribution in [0.3, 0.4) is 0 Å². The Morgan fingerprint density at radius 1 is 1.44 bits per heavy atom. The van der Waals surface area contributed by atoms with Crippen molar-refractivity contribution in [2.45, 2.75) is 6.54 Å². The topological polar surface area (TPSA) is 35.6 Å². The predicted octanol–water partition coefficient (Wildman–Crippen LogP) is 1.91. The highest BCUT2D eigenvalue weighted by atomic mass is 79.9. The number of benzene rings is 1. The molecule has 0 aliphatic carbocycles.